The molecule has 0 spiro atoms. The van der Waals surface area contributed by atoms with E-state index >= 15 is 0 Å². The van der Waals surface area contributed by atoms with Crippen molar-refractivity contribution in [2.24, 2.45) is 5.92 Å². The molecule has 0 saturated carbocycles. The van der Waals surface area contributed by atoms with Gasteiger partial charge in [-0.2, -0.15) is 0 Å². The number of hydrogen-bond acceptors (Lipinski definition) is 6. The highest BCUT2D eigenvalue weighted by molar-refractivity contribution is 6.01. The predicted octanol–water partition coefficient (Wildman–Crippen LogP) is 2.40. The number of carbonyl (C=O) groups excluding carboxylic acids is 1. The Labute approximate surface area is 174 Å². The molecule has 0 radical (unpaired) electrons. The molecule has 0 aliphatic rings. The summed E-state index contributed by atoms with van der Waals surface area (Å²) in [5, 5.41) is 1.01. The molecule has 2 heterocycles. The van der Waals surface area contributed by atoms with E-state index in [1.54, 1.807) is 7.05 Å². The number of nitrogen functional groups attached to an aromatic ring is 1. The molecule has 0 fully saturated rings. The number of rotatable bonds is 8. The first-order valence-corrected chi connectivity index (χ1v) is 10.1. The van der Waals surface area contributed by atoms with Crippen LogP contribution in [-0.4, -0.2) is 33.8 Å². The first kappa shape index (κ1) is 21.6. The molecule has 0 atom stereocenters. The summed E-state index contributed by atoms with van der Waals surface area (Å²) in [5.41, 5.74) is 6.36. The lowest BCUT2D eigenvalue weighted by molar-refractivity contribution is 0.0941. The molecular formula is C22H28N4O4. The van der Waals surface area contributed by atoms with Crippen LogP contribution in [0.4, 0.5) is 5.82 Å². The number of likely N-dealkylation sites (N-methyl/N-ethyl adjacent to an activating group) is 1. The van der Waals surface area contributed by atoms with Crippen molar-refractivity contribution in [1.29, 1.82) is 0 Å². The van der Waals surface area contributed by atoms with Crippen LogP contribution in [0.5, 0.6) is 0 Å². The molecule has 2 aromatic heterocycles. The van der Waals surface area contributed by atoms with Crippen molar-refractivity contribution >= 4 is 22.6 Å². The van der Waals surface area contributed by atoms with E-state index in [9.17, 15) is 14.4 Å². The van der Waals surface area contributed by atoms with Gasteiger partial charge in [0, 0.05) is 30.5 Å². The largest absolute Gasteiger partial charge is 0.461 e. The average Bonchev–Trinajstić information content (AvgIpc) is 3.02. The summed E-state index contributed by atoms with van der Waals surface area (Å²) in [4.78, 5) is 41.3. The van der Waals surface area contributed by atoms with E-state index in [2.05, 4.69) is 4.98 Å². The van der Waals surface area contributed by atoms with Crippen molar-refractivity contribution in [3.63, 3.8) is 0 Å². The second-order valence-corrected chi connectivity index (χ2v) is 7.97. The van der Waals surface area contributed by atoms with Crippen molar-refractivity contribution in [1.82, 2.24) is 14.5 Å². The zero-order valence-electron chi connectivity index (χ0n) is 17.8. The number of nitrogens with zero attached hydrogens (tertiary/aromatic N) is 2. The van der Waals surface area contributed by atoms with E-state index < -0.39 is 17.0 Å². The van der Waals surface area contributed by atoms with Gasteiger partial charge in [-0.05, 0) is 19.0 Å². The molecule has 0 bridgehead atoms. The second-order valence-electron chi connectivity index (χ2n) is 7.97. The molecule has 3 rings (SSSR count). The van der Waals surface area contributed by atoms with Crippen LogP contribution in [0.3, 0.4) is 0 Å². The number of fused-ring (bicyclic) bond motifs is 1. The molecule has 0 aliphatic carbocycles. The number of H-pyrrole nitrogens is 1. The van der Waals surface area contributed by atoms with Crippen LogP contribution in [0.15, 0.2) is 38.3 Å². The van der Waals surface area contributed by atoms with E-state index in [4.69, 9.17) is 10.2 Å². The lowest BCUT2D eigenvalue weighted by Gasteiger charge is -2.18. The maximum Gasteiger partial charge on any atom is 0.329 e. The van der Waals surface area contributed by atoms with Gasteiger partial charge in [0.25, 0.3) is 5.56 Å². The van der Waals surface area contributed by atoms with Crippen molar-refractivity contribution in [3.05, 3.63) is 62.0 Å². The number of aryl methyl sites for hydroxylation is 1. The second kappa shape index (κ2) is 8.71. The molecule has 3 N–H and O–H groups in total. The molecular weight excluding hydrogens is 384 g/mol. The molecule has 160 valence electrons. The smallest absolute Gasteiger partial charge is 0.329 e. The SMILES string of the molecule is CCc1oc2ccccc2c1CN(C)CC(=O)c1c(N)n(CC(C)C)c(=O)[nH]c1=O. The molecule has 0 aliphatic heterocycles. The van der Waals surface area contributed by atoms with Crippen molar-refractivity contribution in [3.8, 4) is 0 Å². The van der Waals surface area contributed by atoms with E-state index in [1.807, 2.05) is 49.9 Å². The average molecular weight is 412 g/mol. The monoisotopic (exact) mass is 412 g/mol. The van der Waals surface area contributed by atoms with Crippen LogP contribution in [0.1, 0.15) is 42.5 Å². The first-order valence-electron chi connectivity index (χ1n) is 10.1. The zero-order valence-corrected chi connectivity index (χ0v) is 17.8. The summed E-state index contributed by atoms with van der Waals surface area (Å²) in [6, 6.07) is 7.78. The van der Waals surface area contributed by atoms with E-state index in [1.165, 1.54) is 4.57 Å². The molecule has 0 unspecified atom stereocenters. The van der Waals surface area contributed by atoms with Crippen LogP contribution in [0.2, 0.25) is 0 Å². The van der Waals surface area contributed by atoms with Crippen LogP contribution < -0.4 is 17.0 Å². The van der Waals surface area contributed by atoms with E-state index in [-0.39, 0.29) is 23.8 Å². The lowest BCUT2D eigenvalue weighted by atomic mass is 10.1. The van der Waals surface area contributed by atoms with E-state index in [0.29, 0.717) is 13.1 Å². The summed E-state index contributed by atoms with van der Waals surface area (Å²) in [6.45, 7) is 6.65. The maximum atomic E-state index is 12.9. The van der Waals surface area contributed by atoms with Crippen molar-refractivity contribution in [2.75, 3.05) is 19.3 Å². The topological polar surface area (TPSA) is 114 Å². The number of ketones is 1. The fraction of sp³-hybridized carbons (Fsp3) is 0.409. The lowest BCUT2D eigenvalue weighted by Crippen LogP contribution is -2.39. The summed E-state index contributed by atoms with van der Waals surface area (Å²) in [7, 11) is 1.80. The molecule has 8 nitrogen and oxygen atoms in total. The van der Waals surface area contributed by atoms with Gasteiger partial charge in [-0.15, -0.1) is 0 Å². The number of anilines is 1. The normalized spacial score (nSPS) is 11.7. The minimum absolute atomic E-state index is 0.0180. The Kier molecular flexibility index (Phi) is 6.26. The van der Waals surface area contributed by atoms with Gasteiger partial charge in [-0.25, -0.2) is 4.79 Å². The van der Waals surface area contributed by atoms with Crippen molar-refractivity contribution < 1.29 is 9.21 Å². The minimum Gasteiger partial charge on any atom is -0.461 e. The van der Waals surface area contributed by atoms with Crippen LogP contribution >= 0.6 is 0 Å². The summed E-state index contributed by atoms with van der Waals surface area (Å²) in [6.07, 6.45) is 0.735. The van der Waals surface area contributed by atoms with Gasteiger partial charge in [-0.1, -0.05) is 39.0 Å². The van der Waals surface area contributed by atoms with Gasteiger partial charge in [0.05, 0.1) is 6.54 Å². The number of carbonyl (C=O) groups is 1. The number of aromatic amines is 1. The fourth-order valence-corrected chi connectivity index (χ4v) is 3.66. The number of nitrogens with two attached hydrogens (primary N) is 1. The number of hydrogen-bond donors (Lipinski definition) is 2. The van der Waals surface area contributed by atoms with Crippen LogP contribution in [-0.2, 0) is 19.5 Å². The van der Waals surface area contributed by atoms with Gasteiger partial charge in [0.1, 0.15) is 22.7 Å². The van der Waals surface area contributed by atoms with Crippen LogP contribution in [0, 0.1) is 5.92 Å². The van der Waals surface area contributed by atoms with Gasteiger partial charge >= 0.3 is 5.69 Å². The van der Waals surface area contributed by atoms with Gasteiger partial charge in [-0.3, -0.25) is 24.0 Å². The Hall–Kier alpha value is -3.13. The maximum absolute atomic E-state index is 12.9. The van der Waals surface area contributed by atoms with Crippen LogP contribution in [0.25, 0.3) is 11.0 Å². The third-order valence-electron chi connectivity index (χ3n) is 5.01. The van der Waals surface area contributed by atoms with E-state index in [0.717, 1.165) is 28.7 Å². The number of para-hydroxylation sites is 1. The van der Waals surface area contributed by atoms with Gasteiger partial charge in [0.15, 0.2) is 5.78 Å². The molecule has 0 amide bonds. The summed E-state index contributed by atoms with van der Waals surface area (Å²) >= 11 is 0. The Morgan fingerprint density at radius 2 is 1.97 bits per heavy atom. The Morgan fingerprint density at radius 1 is 1.27 bits per heavy atom. The molecule has 1 aromatic carbocycles. The first-order chi connectivity index (χ1) is 14.2. The standard InChI is InChI=1S/C22H28N4O4/c1-5-17-15(14-8-6-7-9-18(14)30-17)11-25(4)12-16(27)19-20(23)26(10-13(2)3)22(29)24-21(19)28/h6-9,13H,5,10-12,23H2,1-4H3,(H,24,28,29). The van der Waals surface area contributed by atoms with Gasteiger partial charge < -0.3 is 10.2 Å². The number of nitrogens with one attached hydrogen (secondary N) is 1. The summed E-state index contributed by atoms with van der Waals surface area (Å²) in [5.74, 6) is 0.486. The quantitative estimate of drug-likeness (QED) is 0.549. The highest BCUT2D eigenvalue weighted by atomic mass is 16.3. The Bertz CT molecular complexity index is 1190. The summed E-state index contributed by atoms with van der Waals surface area (Å²) < 4.78 is 7.17. The zero-order chi connectivity index (χ0) is 22.0. The minimum atomic E-state index is -0.751. The number of Topliss-reactive ketones (excluding diaryl/α,β-unsaturated/α-hetero) is 1. The highest BCUT2D eigenvalue weighted by Crippen LogP contribution is 2.27. The van der Waals surface area contributed by atoms with Crippen molar-refractivity contribution in [2.45, 2.75) is 40.3 Å². The molecule has 0 saturated heterocycles. The predicted molar refractivity (Wildman–Crippen MR) is 117 cm³/mol. The third kappa shape index (κ3) is 4.23. The Morgan fingerprint density at radius 3 is 2.63 bits per heavy atom. The highest BCUT2D eigenvalue weighted by Gasteiger charge is 2.22. The number of benzene rings is 1. The molecule has 3 aromatic rings. The number of furan rings is 1. The fourth-order valence-electron chi connectivity index (χ4n) is 3.66. The van der Waals surface area contributed by atoms with Gasteiger partial charge in [0.2, 0.25) is 0 Å². The molecule has 30 heavy (non-hydrogen) atoms. The third-order valence-corrected chi connectivity index (χ3v) is 5.01. The number of aromatic nitrogens is 2. The Balaban J connectivity index is 1.87. The molecule has 8 heteroatoms.